The molecule has 0 saturated carbocycles. The largest absolute Gasteiger partial charge is 0.508 e. The van der Waals surface area contributed by atoms with Crippen LogP contribution >= 0.6 is 0 Å². The van der Waals surface area contributed by atoms with Gasteiger partial charge in [-0.15, -0.1) is 0 Å². The molecule has 6 nitrogen and oxygen atoms in total. The van der Waals surface area contributed by atoms with Crippen LogP contribution in [0.2, 0.25) is 0 Å². The highest BCUT2D eigenvalue weighted by atomic mass is 16.7. The van der Waals surface area contributed by atoms with Gasteiger partial charge in [0, 0.05) is 7.05 Å². The van der Waals surface area contributed by atoms with Gasteiger partial charge in [-0.25, -0.2) is 4.79 Å². The fraction of sp³-hybridized carbons (Fsp3) is 0.647. The summed E-state index contributed by atoms with van der Waals surface area (Å²) < 4.78 is 17.2. The summed E-state index contributed by atoms with van der Waals surface area (Å²) in [7, 11) is 1.75. The predicted octanol–water partition coefficient (Wildman–Crippen LogP) is 9.13. The number of benzene rings is 1. The summed E-state index contributed by atoms with van der Waals surface area (Å²) in [6, 6.07) is 9.84. The lowest BCUT2D eigenvalue weighted by atomic mass is 9.92. The molecule has 0 aliphatic carbocycles. The van der Waals surface area contributed by atoms with Crippen molar-refractivity contribution in [1.29, 1.82) is 0 Å². The molecule has 0 amide bonds. The summed E-state index contributed by atoms with van der Waals surface area (Å²) >= 11 is 0. The van der Waals surface area contributed by atoms with Crippen molar-refractivity contribution in [2.45, 2.75) is 112 Å². The number of hydrogen-bond donors (Lipinski definition) is 0. The maximum atomic E-state index is 12.5. The van der Waals surface area contributed by atoms with E-state index in [0.29, 0.717) is 13.2 Å². The lowest BCUT2D eigenvalue weighted by Crippen LogP contribution is -2.19. The number of allylic oxidation sites excluding steroid dienone is 3. The molecule has 0 radical (unpaired) electrons. The summed E-state index contributed by atoms with van der Waals surface area (Å²) in [5.41, 5.74) is 2.55. The van der Waals surface area contributed by atoms with Crippen LogP contribution in [0.4, 0.5) is 4.79 Å². The van der Waals surface area contributed by atoms with Crippen LogP contribution in [-0.4, -0.2) is 43.8 Å². The monoisotopic (exact) mass is 560 g/mol. The Balaban J connectivity index is 0.00000742. The maximum Gasteiger partial charge on any atom is 0.508 e. The molecule has 0 aliphatic heterocycles. The third kappa shape index (κ3) is 15.9. The van der Waals surface area contributed by atoms with Gasteiger partial charge >= 0.3 is 6.16 Å². The van der Waals surface area contributed by atoms with Crippen molar-refractivity contribution < 1.29 is 24.1 Å². The second kappa shape index (κ2) is 25.4. The first kappa shape index (κ1) is 37.4. The topological polar surface area (TPSA) is 80.0 Å². The number of carbonyl (C=O) groups is 1. The standard InChI is InChI=1S/C32H51NO5.C2H6/c1-6-9-11-16-23-36-29(8-3)30(33-5)28(25-34)22-18-19-26(4)31(27-20-14-13-15-21-27)38-32(35)37-24-17-12-10-7-2;1-2/h8,13-15,20-22,26,31,34H,6-7,9-12,16-19,23-25H2,1-5H3;1-2H3/p+1/b28-22+,29-8+,33-30?;. The predicted molar refractivity (Wildman–Crippen MR) is 169 cm³/mol. The Kier molecular flexibility index (Phi) is 23.7. The SMILES string of the molecule is C/C=C(/OCCCCCC)C(=NC)/C(=C/CCC(C)C(OC(=O)OCCCCCC)c1ccccc1)C[OH2+].CC. The number of rotatable bonds is 20. The summed E-state index contributed by atoms with van der Waals surface area (Å²) in [5.74, 6) is 0.800. The third-order valence-electron chi connectivity index (χ3n) is 6.57. The van der Waals surface area contributed by atoms with Gasteiger partial charge in [0.1, 0.15) is 17.6 Å². The fourth-order valence-corrected chi connectivity index (χ4v) is 4.31. The summed E-state index contributed by atoms with van der Waals surface area (Å²) in [6.45, 7) is 13.6. The van der Waals surface area contributed by atoms with Crippen molar-refractivity contribution in [2.24, 2.45) is 10.9 Å². The molecule has 2 unspecified atom stereocenters. The number of hydrogen-bond acceptors (Lipinski definition) is 5. The molecule has 0 fully saturated rings. The molecular weight excluding hydrogens is 502 g/mol. The van der Waals surface area contributed by atoms with E-state index < -0.39 is 12.3 Å². The van der Waals surface area contributed by atoms with Gasteiger partial charge in [0.05, 0.1) is 18.8 Å². The van der Waals surface area contributed by atoms with Crippen molar-refractivity contribution in [1.82, 2.24) is 0 Å². The lowest BCUT2D eigenvalue weighted by Gasteiger charge is -2.24. The van der Waals surface area contributed by atoms with Crippen LogP contribution in [0.3, 0.4) is 0 Å². The first-order valence-corrected chi connectivity index (χ1v) is 15.5. The second-order valence-electron chi connectivity index (χ2n) is 9.70. The van der Waals surface area contributed by atoms with Crippen LogP contribution in [-0.2, 0) is 14.2 Å². The highest BCUT2D eigenvalue weighted by Gasteiger charge is 2.24. The molecule has 1 aromatic carbocycles. The number of ether oxygens (including phenoxy) is 3. The summed E-state index contributed by atoms with van der Waals surface area (Å²) in [6.07, 6.45) is 13.3. The van der Waals surface area contributed by atoms with Gasteiger partial charge in [-0.1, -0.05) is 110 Å². The third-order valence-corrected chi connectivity index (χ3v) is 6.57. The number of aliphatic imine (C=N–C) groups is 1. The van der Waals surface area contributed by atoms with Gasteiger partial charge in [0.15, 0.2) is 6.61 Å². The average Bonchev–Trinajstić information content (AvgIpc) is 2.99. The Morgan fingerprint density at radius 3 is 2.08 bits per heavy atom. The fourth-order valence-electron chi connectivity index (χ4n) is 4.31. The normalized spacial score (nSPS) is 13.7. The van der Waals surface area contributed by atoms with Crippen molar-refractivity contribution >= 4 is 11.9 Å². The summed E-state index contributed by atoms with van der Waals surface area (Å²) in [5, 5.41) is 8.12. The molecule has 0 saturated heterocycles. The molecule has 0 spiro atoms. The van der Waals surface area contributed by atoms with Crippen LogP contribution in [0.15, 0.2) is 58.8 Å². The Morgan fingerprint density at radius 2 is 1.55 bits per heavy atom. The van der Waals surface area contributed by atoms with E-state index >= 15 is 0 Å². The zero-order valence-corrected chi connectivity index (χ0v) is 26.5. The zero-order valence-electron chi connectivity index (χ0n) is 26.5. The van der Waals surface area contributed by atoms with Crippen molar-refractivity contribution in [2.75, 3.05) is 26.9 Å². The van der Waals surface area contributed by atoms with Crippen LogP contribution in [0.25, 0.3) is 0 Å². The van der Waals surface area contributed by atoms with E-state index in [-0.39, 0.29) is 12.5 Å². The van der Waals surface area contributed by atoms with E-state index in [1.54, 1.807) is 7.05 Å². The van der Waals surface area contributed by atoms with Gasteiger partial charge in [0.25, 0.3) is 0 Å². The van der Waals surface area contributed by atoms with E-state index in [1.807, 2.05) is 57.2 Å². The molecule has 6 heteroatoms. The zero-order chi connectivity index (χ0) is 30.0. The van der Waals surface area contributed by atoms with Gasteiger partial charge in [-0.3, -0.25) is 4.99 Å². The molecule has 40 heavy (non-hydrogen) atoms. The number of carbonyl (C=O) groups excluding carboxylic acids is 1. The van der Waals surface area contributed by atoms with Gasteiger partial charge in [-0.05, 0) is 50.2 Å². The van der Waals surface area contributed by atoms with Gasteiger partial charge < -0.3 is 19.3 Å². The molecule has 1 rings (SSSR count). The smallest absolute Gasteiger partial charge is 0.492 e. The summed E-state index contributed by atoms with van der Waals surface area (Å²) in [4.78, 5) is 16.9. The molecule has 0 aliphatic rings. The minimum atomic E-state index is -0.612. The van der Waals surface area contributed by atoms with Crippen LogP contribution in [0, 0.1) is 5.92 Å². The average molecular weight is 561 g/mol. The number of nitrogens with zero attached hydrogens (tertiary/aromatic N) is 1. The van der Waals surface area contributed by atoms with Crippen LogP contribution in [0.5, 0.6) is 0 Å². The second-order valence-corrected chi connectivity index (χ2v) is 9.70. The molecule has 1 aromatic rings. The van der Waals surface area contributed by atoms with Gasteiger partial charge in [-0.2, -0.15) is 0 Å². The Bertz CT molecular complexity index is 847. The van der Waals surface area contributed by atoms with Crippen LogP contribution < -0.4 is 0 Å². The van der Waals surface area contributed by atoms with Crippen molar-refractivity contribution in [3.05, 3.63) is 59.4 Å². The van der Waals surface area contributed by atoms with E-state index in [2.05, 4.69) is 31.8 Å². The Labute approximate surface area is 244 Å². The molecular formula is C34H58NO5+. The Hall–Kier alpha value is -2.60. The molecule has 0 bridgehead atoms. The minimum Gasteiger partial charge on any atom is -0.492 e. The highest BCUT2D eigenvalue weighted by Crippen LogP contribution is 2.30. The van der Waals surface area contributed by atoms with E-state index in [4.69, 9.17) is 19.3 Å². The van der Waals surface area contributed by atoms with Crippen molar-refractivity contribution in [3.8, 4) is 0 Å². The van der Waals surface area contributed by atoms with Crippen LogP contribution in [0.1, 0.15) is 117 Å². The molecule has 228 valence electrons. The number of unbranched alkanes of at least 4 members (excludes halogenated alkanes) is 6. The highest BCUT2D eigenvalue weighted by molar-refractivity contribution is 6.11. The maximum absolute atomic E-state index is 12.5. The van der Waals surface area contributed by atoms with E-state index in [9.17, 15) is 4.79 Å². The molecule has 2 N–H and O–H groups in total. The van der Waals surface area contributed by atoms with Gasteiger partial charge in [0.2, 0.25) is 0 Å². The van der Waals surface area contributed by atoms with Crippen molar-refractivity contribution in [3.63, 3.8) is 0 Å². The quantitative estimate of drug-likeness (QED) is 0.0523. The minimum absolute atomic E-state index is 0.0614. The van der Waals surface area contributed by atoms with E-state index in [1.165, 1.54) is 12.8 Å². The lowest BCUT2D eigenvalue weighted by molar-refractivity contribution is 0.00184. The first-order valence-electron chi connectivity index (χ1n) is 15.5. The molecule has 0 heterocycles. The first-order chi connectivity index (χ1) is 19.5. The van der Waals surface area contributed by atoms with E-state index in [0.717, 1.165) is 74.0 Å². The molecule has 0 aromatic heterocycles. The molecule has 2 atom stereocenters. The Morgan fingerprint density at radius 1 is 0.950 bits per heavy atom.